The largest absolute Gasteiger partial charge is 0.348 e. The van der Waals surface area contributed by atoms with Crippen LogP contribution in [0.3, 0.4) is 0 Å². The highest BCUT2D eigenvalue weighted by Gasteiger charge is 2.13. The molecule has 1 N–H and O–H groups in total. The number of carbonyl (C=O) groups is 1. The molecule has 1 amide bonds. The van der Waals surface area contributed by atoms with E-state index in [0.29, 0.717) is 12.1 Å². The maximum Gasteiger partial charge on any atom is 0.253 e. The van der Waals surface area contributed by atoms with Gasteiger partial charge in [-0.2, -0.15) is 0 Å². The quantitative estimate of drug-likeness (QED) is 0.698. The Morgan fingerprint density at radius 2 is 1.83 bits per heavy atom. The number of carbonyl (C=O) groups excluding carboxylic acids is 1. The van der Waals surface area contributed by atoms with E-state index < -0.39 is 0 Å². The summed E-state index contributed by atoms with van der Waals surface area (Å²) in [7, 11) is 0. The smallest absolute Gasteiger partial charge is 0.253 e. The van der Waals surface area contributed by atoms with Crippen LogP contribution in [0.2, 0.25) is 0 Å². The van der Waals surface area contributed by atoms with Gasteiger partial charge in [0.15, 0.2) is 0 Å². The van der Waals surface area contributed by atoms with Crippen molar-refractivity contribution in [2.75, 3.05) is 0 Å². The molecule has 0 aliphatic rings. The van der Waals surface area contributed by atoms with E-state index in [9.17, 15) is 4.79 Å². The van der Waals surface area contributed by atoms with Gasteiger partial charge < -0.3 is 5.32 Å². The fourth-order valence-corrected chi connectivity index (χ4v) is 4.43. The number of nitrogens with one attached hydrogen (secondary N) is 1. The van der Waals surface area contributed by atoms with Crippen molar-refractivity contribution in [3.05, 3.63) is 53.5 Å². The lowest BCUT2D eigenvalue weighted by Crippen LogP contribution is -2.22. The molecule has 0 radical (unpaired) electrons. The Labute approximate surface area is 134 Å². The topological polar surface area (TPSA) is 29.1 Å². The molecular weight excluding hydrogens is 446 g/mol. The predicted octanol–water partition coefficient (Wildman–Crippen LogP) is 4.97. The maximum atomic E-state index is 12.0. The van der Waals surface area contributed by atoms with E-state index in [0.717, 1.165) is 17.6 Å². The molecule has 6 heteroatoms. The minimum atomic E-state index is -0.0771. The molecule has 2 rings (SSSR count). The van der Waals surface area contributed by atoms with Gasteiger partial charge in [-0.3, -0.25) is 4.79 Å². The van der Waals surface area contributed by atoms with Gasteiger partial charge in [-0.15, -0.1) is 11.3 Å². The van der Waals surface area contributed by atoms with Crippen LogP contribution in [0.15, 0.2) is 42.4 Å². The first-order valence-corrected chi connectivity index (χ1v) is 8.23. The first kappa shape index (κ1) is 14.2. The van der Waals surface area contributed by atoms with Crippen molar-refractivity contribution < 1.29 is 4.79 Å². The molecule has 0 bridgehead atoms. The minimum Gasteiger partial charge on any atom is -0.348 e. The van der Waals surface area contributed by atoms with Gasteiger partial charge in [-0.1, -0.05) is 28.1 Å². The number of rotatable bonds is 3. The number of amides is 1. The molecule has 0 saturated heterocycles. The first-order valence-electron chi connectivity index (χ1n) is 5.04. The van der Waals surface area contributed by atoms with Crippen molar-refractivity contribution in [2.45, 2.75) is 6.54 Å². The van der Waals surface area contributed by atoms with Crippen molar-refractivity contribution in [1.29, 1.82) is 0 Å². The standard InChI is InChI=1S/C12H8Br3NOS/c13-8-3-1-7(2-4-8)6-16-12(17)9-5-10(14)18-11(9)15/h1-5H,6H2,(H,16,17). The Morgan fingerprint density at radius 1 is 1.17 bits per heavy atom. The van der Waals surface area contributed by atoms with Gasteiger partial charge in [0.2, 0.25) is 0 Å². The molecule has 1 heterocycles. The molecule has 0 saturated carbocycles. The van der Waals surface area contributed by atoms with Crippen molar-refractivity contribution in [3.8, 4) is 0 Å². The highest BCUT2D eigenvalue weighted by molar-refractivity contribution is 9.12. The van der Waals surface area contributed by atoms with E-state index in [-0.39, 0.29) is 5.91 Å². The second-order valence-corrected chi connectivity index (χ2v) is 8.21. The summed E-state index contributed by atoms with van der Waals surface area (Å²) in [6.07, 6.45) is 0. The average Bonchev–Trinajstić information content (AvgIpc) is 2.67. The Hall–Kier alpha value is -0.170. The summed E-state index contributed by atoms with van der Waals surface area (Å²) in [4.78, 5) is 12.0. The molecule has 0 atom stereocenters. The van der Waals surface area contributed by atoms with Crippen LogP contribution in [0, 0.1) is 0 Å². The van der Waals surface area contributed by atoms with E-state index in [4.69, 9.17) is 0 Å². The fourth-order valence-electron chi connectivity index (χ4n) is 1.37. The van der Waals surface area contributed by atoms with Crippen LogP contribution in [-0.2, 0) is 6.54 Å². The third kappa shape index (κ3) is 3.66. The number of halogens is 3. The summed E-state index contributed by atoms with van der Waals surface area (Å²) in [6.45, 7) is 0.520. The molecule has 1 aromatic heterocycles. The Kier molecular flexibility index (Phi) is 5.00. The van der Waals surface area contributed by atoms with Crippen molar-refractivity contribution in [3.63, 3.8) is 0 Å². The monoisotopic (exact) mass is 451 g/mol. The molecule has 1 aromatic carbocycles. The lowest BCUT2D eigenvalue weighted by atomic mass is 10.2. The molecule has 0 fully saturated rings. The van der Waals surface area contributed by atoms with Gasteiger partial charge in [0.25, 0.3) is 5.91 Å². The summed E-state index contributed by atoms with van der Waals surface area (Å²) in [5.41, 5.74) is 1.72. The van der Waals surface area contributed by atoms with Crippen molar-refractivity contribution in [1.82, 2.24) is 5.32 Å². The van der Waals surface area contributed by atoms with Crippen LogP contribution in [0.1, 0.15) is 15.9 Å². The third-order valence-corrected chi connectivity index (χ3v) is 5.14. The molecular formula is C12H8Br3NOS. The van der Waals surface area contributed by atoms with Crippen LogP contribution in [0.5, 0.6) is 0 Å². The van der Waals surface area contributed by atoms with Gasteiger partial charge in [0.1, 0.15) is 0 Å². The summed E-state index contributed by atoms with van der Waals surface area (Å²) in [5.74, 6) is -0.0771. The normalized spacial score (nSPS) is 10.4. The molecule has 2 aromatic rings. The number of thiophene rings is 1. The molecule has 0 spiro atoms. The molecule has 18 heavy (non-hydrogen) atoms. The van der Waals surface area contributed by atoms with Gasteiger partial charge in [-0.25, -0.2) is 0 Å². The number of benzene rings is 1. The molecule has 2 nitrogen and oxygen atoms in total. The zero-order valence-corrected chi connectivity index (χ0v) is 14.6. The molecule has 0 unspecified atom stereocenters. The summed E-state index contributed by atoms with van der Waals surface area (Å²) in [6, 6.07) is 9.68. The minimum absolute atomic E-state index is 0.0771. The summed E-state index contributed by atoms with van der Waals surface area (Å²) >= 11 is 11.6. The zero-order valence-electron chi connectivity index (χ0n) is 9.04. The fraction of sp³-hybridized carbons (Fsp3) is 0.0833. The summed E-state index contributed by atoms with van der Waals surface area (Å²) in [5, 5.41) is 2.89. The van der Waals surface area contributed by atoms with Crippen molar-refractivity contribution >= 4 is 65.0 Å². The van der Waals surface area contributed by atoms with Crippen molar-refractivity contribution in [2.24, 2.45) is 0 Å². The van der Waals surface area contributed by atoms with E-state index in [1.54, 1.807) is 0 Å². The van der Waals surface area contributed by atoms with E-state index in [1.165, 1.54) is 11.3 Å². The van der Waals surface area contributed by atoms with Gasteiger partial charge >= 0.3 is 0 Å². The van der Waals surface area contributed by atoms with E-state index >= 15 is 0 Å². The number of hydrogen-bond donors (Lipinski definition) is 1. The highest BCUT2D eigenvalue weighted by Crippen LogP contribution is 2.31. The molecule has 0 aliphatic carbocycles. The first-order chi connectivity index (χ1) is 8.56. The zero-order chi connectivity index (χ0) is 13.1. The number of hydrogen-bond acceptors (Lipinski definition) is 2. The van der Waals surface area contributed by atoms with Gasteiger partial charge in [0.05, 0.1) is 13.1 Å². The average molecular weight is 454 g/mol. The summed E-state index contributed by atoms with van der Waals surface area (Å²) < 4.78 is 2.80. The Morgan fingerprint density at radius 3 is 2.39 bits per heavy atom. The van der Waals surface area contributed by atoms with Crippen LogP contribution < -0.4 is 5.32 Å². The lowest BCUT2D eigenvalue weighted by molar-refractivity contribution is 0.0950. The lowest BCUT2D eigenvalue weighted by Gasteiger charge is -2.04. The van der Waals surface area contributed by atoms with Crippen LogP contribution in [-0.4, -0.2) is 5.91 Å². The maximum absolute atomic E-state index is 12.0. The van der Waals surface area contributed by atoms with Gasteiger partial charge in [0, 0.05) is 11.0 Å². The predicted molar refractivity (Wildman–Crippen MR) is 85.0 cm³/mol. The Bertz CT molecular complexity index is 565. The van der Waals surface area contributed by atoms with Crippen LogP contribution in [0.4, 0.5) is 0 Å². The SMILES string of the molecule is O=C(NCc1ccc(Br)cc1)c1cc(Br)sc1Br. The Balaban J connectivity index is 2.00. The van der Waals surface area contributed by atoms with Crippen LogP contribution >= 0.6 is 59.1 Å². The second-order valence-electron chi connectivity index (χ2n) is 3.55. The molecule has 94 valence electrons. The van der Waals surface area contributed by atoms with E-state index in [2.05, 4.69) is 53.1 Å². The van der Waals surface area contributed by atoms with E-state index in [1.807, 2.05) is 30.3 Å². The molecule has 0 aliphatic heterocycles. The second kappa shape index (κ2) is 6.32. The van der Waals surface area contributed by atoms with Gasteiger partial charge in [-0.05, 0) is 55.6 Å². The van der Waals surface area contributed by atoms with Crippen LogP contribution in [0.25, 0.3) is 0 Å². The highest BCUT2D eigenvalue weighted by atomic mass is 79.9. The third-order valence-electron chi connectivity index (χ3n) is 2.27.